The third kappa shape index (κ3) is 2.26. The van der Waals surface area contributed by atoms with Gasteiger partial charge in [0.05, 0.1) is 30.1 Å². The summed E-state index contributed by atoms with van der Waals surface area (Å²) in [7, 11) is 0. The average Bonchev–Trinajstić information content (AvgIpc) is 2.62. The Bertz CT molecular complexity index is 476. The van der Waals surface area contributed by atoms with E-state index in [1.54, 1.807) is 6.20 Å². The maximum Gasteiger partial charge on any atom is 0.0815 e. The van der Waals surface area contributed by atoms with Crippen LogP contribution in [0.3, 0.4) is 0 Å². The van der Waals surface area contributed by atoms with Gasteiger partial charge in [0.15, 0.2) is 0 Å². The lowest BCUT2D eigenvalue weighted by atomic mass is 10.1. The van der Waals surface area contributed by atoms with Crippen LogP contribution in [0.4, 0.5) is 0 Å². The Labute approximate surface area is 99.3 Å². The van der Waals surface area contributed by atoms with Crippen molar-refractivity contribution in [3.63, 3.8) is 0 Å². The maximum absolute atomic E-state index is 8.93. The van der Waals surface area contributed by atoms with Gasteiger partial charge < -0.3 is 5.11 Å². The molecule has 1 heterocycles. The number of hydrogen-bond acceptors (Lipinski definition) is 2. The molecule has 2 rings (SSSR count). The molecule has 0 aliphatic rings. The quantitative estimate of drug-likeness (QED) is 0.889. The summed E-state index contributed by atoms with van der Waals surface area (Å²) in [5.74, 6) is 0. The Morgan fingerprint density at radius 1 is 1.25 bits per heavy atom. The highest BCUT2D eigenvalue weighted by Crippen LogP contribution is 2.15. The van der Waals surface area contributed by atoms with Crippen LogP contribution in [0.25, 0.3) is 0 Å². The first-order chi connectivity index (χ1) is 7.70. The molecule has 1 N–H and O–H groups in total. The number of rotatable bonds is 3. The van der Waals surface area contributed by atoms with E-state index in [9.17, 15) is 0 Å². The van der Waals surface area contributed by atoms with Gasteiger partial charge in [0, 0.05) is 0 Å². The lowest BCUT2D eigenvalue weighted by Crippen LogP contribution is -2.03. The monoisotopic (exact) mass is 236 g/mol. The normalized spacial score (nSPS) is 10.7. The third-order valence-corrected chi connectivity index (χ3v) is 2.95. The molecule has 0 amide bonds. The third-order valence-electron chi connectivity index (χ3n) is 2.58. The second kappa shape index (κ2) is 4.68. The predicted octanol–water partition coefficient (Wildman–Crippen LogP) is 2.39. The lowest BCUT2D eigenvalue weighted by Gasteiger charge is -2.05. The molecule has 0 saturated carbocycles. The highest BCUT2D eigenvalue weighted by molar-refractivity contribution is 6.31. The Morgan fingerprint density at radius 2 is 1.88 bits per heavy atom. The van der Waals surface area contributed by atoms with Gasteiger partial charge in [-0.2, -0.15) is 5.10 Å². The molecule has 84 valence electrons. The molecule has 0 atom stereocenters. The Balaban J connectivity index is 2.17. The van der Waals surface area contributed by atoms with Crippen molar-refractivity contribution in [3.8, 4) is 0 Å². The van der Waals surface area contributed by atoms with Gasteiger partial charge in [-0.05, 0) is 18.1 Å². The van der Waals surface area contributed by atoms with Crippen LogP contribution < -0.4 is 0 Å². The summed E-state index contributed by atoms with van der Waals surface area (Å²) in [5, 5.41) is 13.8. The fourth-order valence-corrected chi connectivity index (χ4v) is 1.65. The van der Waals surface area contributed by atoms with Gasteiger partial charge in [0.25, 0.3) is 0 Å². The minimum atomic E-state index is 0.0763. The first-order valence-corrected chi connectivity index (χ1v) is 5.45. The standard InChI is InChI=1S/C12H13ClN2O/c1-9-12(13)6-14-15(9)7-10-2-4-11(8-16)5-3-10/h2-6,16H,7-8H2,1H3. The molecule has 0 aliphatic carbocycles. The fraction of sp³-hybridized carbons (Fsp3) is 0.250. The molecule has 0 aliphatic heterocycles. The predicted molar refractivity (Wildman–Crippen MR) is 63.4 cm³/mol. The summed E-state index contributed by atoms with van der Waals surface area (Å²) in [5.41, 5.74) is 3.02. The largest absolute Gasteiger partial charge is 0.392 e. The van der Waals surface area contributed by atoms with Crippen LogP contribution >= 0.6 is 11.6 Å². The molecule has 0 saturated heterocycles. The zero-order valence-electron chi connectivity index (χ0n) is 9.02. The number of benzene rings is 1. The van der Waals surface area contributed by atoms with Crippen molar-refractivity contribution in [2.45, 2.75) is 20.1 Å². The molecule has 0 bridgehead atoms. The molecule has 0 radical (unpaired) electrons. The number of aromatic nitrogens is 2. The molecule has 0 spiro atoms. The number of nitrogens with zero attached hydrogens (tertiary/aromatic N) is 2. The first kappa shape index (κ1) is 11.2. The first-order valence-electron chi connectivity index (χ1n) is 5.07. The molecule has 4 heteroatoms. The zero-order chi connectivity index (χ0) is 11.5. The lowest BCUT2D eigenvalue weighted by molar-refractivity contribution is 0.282. The van der Waals surface area contributed by atoms with Gasteiger partial charge in [-0.3, -0.25) is 4.68 Å². The second-order valence-electron chi connectivity index (χ2n) is 3.71. The number of halogens is 1. The smallest absolute Gasteiger partial charge is 0.0815 e. The van der Waals surface area contributed by atoms with E-state index in [1.165, 1.54) is 0 Å². The maximum atomic E-state index is 8.93. The van der Waals surface area contributed by atoms with Crippen molar-refractivity contribution >= 4 is 11.6 Å². The van der Waals surface area contributed by atoms with E-state index >= 15 is 0 Å². The van der Waals surface area contributed by atoms with Crippen LogP contribution in [0.2, 0.25) is 5.02 Å². The SMILES string of the molecule is Cc1c(Cl)cnn1Cc1ccc(CO)cc1. The van der Waals surface area contributed by atoms with Crippen LogP contribution in [0.15, 0.2) is 30.5 Å². The minimum absolute atomic E-state index is 0.0763. The molecule has 2 aromatic rings. The Hall–Kier alpha value is -1.32. The van der Waals surface area contributed by atoms with Gasteiger partial charge in [0.1, 0.15) is 0 Å². The molecule has 3 nitrogen and oxygen atoms in total. The van der Waals surface area contributed by atoms with E-state index in [4.69, 9.17) is 16.7 Å². The summed E-state index contributed by atoms with van der Waals surface area (Å²) in [6, 6.07) is 7.80. The van der Waals surface area contributed by atoms with Crippen LogP contribution in [0.5, 0.6) is 0 Å². The number of hydrogen-bond donors (Lipinski definition) is 1. The average molecular weight is 237 g/mol. The van der Waals surface area contributed by atoms with E-state index in [2.05, 4.69) is 5.10 Å². The van der Waals surface area contributed by atoms with Crippen LogP contribution in [0, 0.1) is 6.92 Å². The summed E-state index contributed by atoms with van der Waals surface area (Å²) < 4.78 is 1.86. The topological polar surface area (TPSA) is 38.0 Å². The molecular formula is C12H13ClN2O. The van der Waals surface area contributed by atoms with Gasteiger partial charge >= 0.3 is 0 Å². The van der Waals surface area contributed by atoms with E-state index in [1.807, 2.05) is 35.9 Å². The summed E-state index contributed by atoms with van der Waals surface area (Å²) in [4.78, 5) is 0. The van der Waals surface area contributed by atoms with Crippen LogP contribution in [-0.2, 0) is 13.2 Å². The van der Waals surface area contributed by atoms with Gasteiger partial charge in [0.2, 0.25) is 0 Å². The van der Waals surface area contributed by atoms with Crippen molar-refractivity contribution in [1.82, 2.24) is 9.78 Å². The van der Waals surface area contributed by atoms with Crippen molar-refractivity contribution in [2.75, 3.05) is 0 Å². The number of aliphatic hydroxyl groups is 1. The van der Waals surface area contributed by atoms with Crippen molar-refractivity contribution in [2.24, 2.45) is 0 Å². The molecule has 1 aromatic heterocycles. The van der Waals surface area contributed by atoms with Crippen LogP contribution in [0.1, 0.15) is 16.8 Å². The van der Waals surface area contributed by atoms with Crippen molar-refractivity contribution in [1.29, 1.82) is 0 Å². The van der Waals surface area contributed by atoms with E-state index < -0.39 is 0 Å². The van der Waals surface area contributed by atoms with Crippen molar-refractivity contribution in [3.05, 3.63) is 52.3 Å². The molecule has 16 heavy (non-hydrogen) atoms. The van der Waals surface area contributed by atoms with Crippen molar-refractivity contribution < 1.29 is 5.11 Å². The molecule has 1 aromatic carbocycles. The number of aliphatic hydroxyl groups excluding tert-OH is 1. The zero-order valence-corrected chi connectivity index (χ0v) is 9.78. The highest BCUT2D eigenvalue weighted by atomic mass is 35.5. The summed E-state index contributed by atoms with van der Waals surface area (Å²) >= 11 is 5.93. The molecule has 0 unspecified atom stereocenters. The Kier molecular flexibility index (Phi) is 3.27. The highest BCUT2D eigenvalue weighted by Gasteiger charge is 2.04. The van der Waals surface area contributed by atoms with E-state index in [0.29, 0.717) is 11.6 Å². The summed E-state index contributed by atoms with van der Waals surface area (Å²) in [6.07, 6.45) is 1.65. The van der Waals surface area contributed by atoms with Gasteiger partial charge in [-0.25, -0.2) is 0 Å². The minimum Gasteiger partial charge on any atom is -0.392 e. The van der Waals surface area contributed by atoms with Gasteiger partial charge in [-0.1, -0.05) is 35.9 Å². The fourth-order valence-electron chi connectivity index (χ4n) is 1.51. The molecule has 0 fully saturated rings. The van der Waals surface area contributed by atoms with E-state index in [-0.39, 0.29) is 6.61 Å². The molecular weight excluding hydrogens is 224 g/mol. The van der Waals surface area contributed by atoms with E-state index in [0.717, 1.165) is 16.8 Å². The summed E-state index contributed by atoms with van der Waals surface area (Å²) in [6.45, 7) is 2.72. The Morgan fingerprint density at radius 3 is 2.38 bits per heavy atom. The second-order valence-corrected chi connectivity index (χ2v) is 4.12. The van der Waals surface area contributed by atoms with Crippen LogP contribution in [-0.4, -0.2) is 14.9 Å². The van der Waals surface area contributed by atoms with Gasteiger partial charge in [-0.15, -0.1) is 0 Å².